The number of nitrogens with one attached hydrogen (secondary N) is 2. The number of nitrogens with zero attached hydrogens (tertiary/aromatic N) is 5. The summed E-state index contributed by atoms with van der Waals surface area (Å²) in [7, 11) is 0. The molecule has 0 spiro atoms. The third kappa shape index (κ3) is 4.33. The van der Waals surface area contributed by atoms with Crippen LogP contribution in [-0.2, 0) is 23.8 Å². The molecule has 0 bridgehead atoms. The van der Waals surface area contributed by atoms with E-state index in [1.54, 1.807) is 4.57 Å². The number of hydrogen-bond acceptors (Lipinski definition) is 9. The molecular formula is C26H27N7O7. The van der Waals surface area contributed by atoms with Crippen molar-refractivity contribution in [1.29, 1.82) is 0 Å². The quantitative estimate of drug-likeness (QED) is 0.410. The topological polar surface area (TPSA) is 170 Å². The number of carboxylic acids is 1. The van der Waals surface area contributed by atoms with E-state index in [4.69, 9.17) is 14.2 Å². The summed E-state index contributed by atoms with van der Waals surface area (Å²) in [5.41, 5.74) is 1.48. The van der Waals surface area contributed by atoms with Gasteiger partial charge in [-0.25, -0.2) is 24.5 Å². The summed E-state index contributed by atoms with van der Waals surface area (Å²) in [6.45, 7) is 0.319. The first kappa shape index (κ1) is 24.9. The number of fused-ring (bicyclic) bond motifs is 2. The lowest BCUT2D eigenvalue weighted by Crippen LogP contribution is -2.49. The zero-order valence-corrected chi connectivity index (χ0v) is 21.3. The van der Waals surface area contributed by atoms with Gasteiger partial charge in [0, 0.05) is 18.2 Å². The number of carboxylic acid groups (broad SMARTS) is 1. The van der Waals surface area contributed by atoms with Gasteiger partial charge in [-0.1, -0.05) is 30.3 Å². The van der Waals surface area contributed by atoms with E-state index in [0.29, 0.717) is 30.6 Å². The fourth-order valence-corrected chi connectivity index (χ4v) is 5.58. The zero-order chi connectivity index (χ0) is 27.4. The number of carbonyl (C=O) groups is 3. The van der Waals surface area contributed by atoms with E-state index < -0.39 is 48.7 Å². The Balaban J connectivity index is 1.21. The summed E-state index contributed by atoms with van der Waals surface area (Å²) in [5, 5.41) is 15.2. The van der Waals surface area contributed by atoms with E-state index in [-0.39, 0.29) is 17.9 Å². The van der Waals surface area contributed by atoms with Crippen LogP contribution >= 0.6 is 0 Å². The molecule has 4 fully saturated rings. The van der Waals surface area contributed by atoms with Crippen LogP contribution in [0.5, 0.6) is 0 Å². The summed E-state index contributed by atoms with van der Waals surface area (Å²) >= 11 is 0. The molecule has 40 heavy (non-hydrogen) atoms. The van der Waals surface area contributed by atoms with Gasteiger partial charge in [-0.05, 0) is 25.7 Å². The Kier molecular flexibility index (Phi) is 6.09. The van der Waals surface area contributed by atoms with E-state index in [2.05, 4.69) is 25.6 Å². The molecule has 3 aromatic rings. The highest BCUT2D eigenvalue weighted by molar-refractivity contribution is 5.96. The number of aliphatic carboxylic acids is 1. The molecule has 2 aromatic heterocycles. The highest BCUT2D eigenvalue weighted by Crippen LogP contribution is 2.45. The molecule has 5 heterocycles. The van der Waals surface area contributed by atoms with Crippen LogP contribution in [0.1, 0.15) is 43.8 Å². The molecule has 4 aliphatic rings. The van der Waals surface area contributed by atoms with Crippen molar-refractivity contribution in [1.82, 2.24) is 29.7 Å². The maximum Gasteiger partial charge on any atom is 0.326 e. The molecule has 14 heteroatoms. The normalized spacial score (nSPS) is 29.4. The summed E-state index contributed by atoms with van der Waals surface area (Å²) in [6, 6.07) is 8.21. The second-order valence-corrected chi connectivity index (χ2v) is 10.3. The van der Waals surface area contributed by atoms with Crippen molar-refractivity contribution in [3.8, 4) is 0 Å². The molecule has 14 nitrogen and oxygen atoms in total. The first-order valence-corrected chi connectivity index (χ1v) is 13.3. The number of hydrogen-bond donors (Lipinski definition) is 3. The largest absolute Gasteiger partial charge is 0.480 e. The van der Waals surface area contributed by atoms with Crippen LogP contribution < -0.4 is 10.6 Å². The molecule has 4 unspecified atom stereocenters. The Morgan fingerprint density at radius 2 is 1.77 bits per heavy atom. The van der Waals surface area contributed by atoms with Crippen molar-refractivity contribution in [3.05, 3.63) is 48.5 Å². The van der Waals surface area contributed by atoms with Gasteiger partial charge in [0.1, 0.15) is 24.6 Å². The van der Waals surface area contributed by atoms with Crippen LogP contribution in [-0.4, -0.2) is 84.4 Å². The van der Waals surface area contributed by atoms with Crippen LogP contribution in [0.3, 0.4) is 0 Å². The van der Waals surface area contributed by atoms with Gasteiger partial charge in [0.25, 0.3) is 5.91 Å². The number of benzene rings is 1. The summed E-state index contributed by atoms with van der Waals surface area (Å²) in [5.74, 6) is -1.28. The molecule has 1 saturated carbocycles. The smallest absolute Gasteiger partial charge is 0.326 e. The van der Waals surface area contributed by atoms with E-state index in [0.717, 1.165) is 18.4 Å². The van der Waals surface area contributed by atoms with Gasteiger partial charge in [0.2, 0.25) is 0 Å². The molecular weight excluding hydrogens is 522 g/mol. The average molecular weight is 550 g/mol. The van der Waals surface area contributed by atoms with Crippen LogP contribution in [0.4, 0.5) is 10.6 Å². The van der Waals surface area contributed by atoms with Crippen LogP contribution in [0.25, 0.3) is 11.2 Å². The van der Waals surface area contributed by atoms with Gasteiger partial charge in [-0.3, -0.25) is 14.7 Å². The van der Waals surface area contributed by atoms with Gasteiger partial charge in [-0.2, -0.15) is 0 Å². The van der Waals surface area contributed by atoms with Gasteiger partial charge in [0.05, 0.1) is 6.33 Å². The molecule has 3 N–H and O–H groups in total. The number of amides is 3. The first-order chi connectivity index (χ1) is 19.5. The fraction of sp³-hybridized carbons (Fsp3) is 0.462. The predicted molar refractivity (Wildman–Crippen MR) is 136 cm³/mol. The highest BCUT2D eigenvalue weighted by Gasteiger charge is 2.58. The first-order valence-electron chi connectivity index (χ1n) is 13.3. The SMILES string of the molecule is O=C(Nc1ncnc2c1ncn2C1OC(C(=O)N2CCC[C@@H]2C(=O)O)C2O[C@H](c3ccccc3)OC21)NC1CC1. The lowest BCUT2D eigenvalue weighted by molar-refractivity contribution is -0.171. The van der Waals surface area contributed by atoms with Crippen LogP contribution in [0.15, 0.2) is 43.0 Å². The van der Waals surface area contributed by atoms with Crippen molar-refractivity contribution < 1.29 is 33.7 Å². The van der Waals surface area contributed by atoms with E-state index in [1.165, 1.54) is 17.6 Å². The Labute approximate surface area is 227 Å². The molecule has 1 aliphatic carbocycles. The second-order valence-electron chi connectivity index (χ2n) is 10.3. The number of rotatable bonds is 6. The van der Waals surface area contributed by atoms with Crippen LogP contribution in [0, 0.1) is 0 Å². The number of carbonyl (C=O) groups excluding carboxylic acids is 2. The summed E-state index contributed by atoms with van der Waals surface area (Å²) in [6.07, 6.45) is 1.39. The van der Waals surface area contributed by atoms with Crippen molar-refractivity contribution >= 4 is 34.9 Å². The number of imidazole rings is 1. The molecule has 7 rings (SSSR count). The maximum atomic E-state index is 13.7. The Hall–Kier alpha value is -4.14. The third-order valence-corrected chi connectivity index (χ3v) is 7.66. The zero-order valence-electron chi connectivity index (χ0n) is 21.3. The predicted octanol–water partition coefficient (Wildman–Crippen LogP) is 1.57. The van der Waals surface area contributed by atoms with E-state index in [9.17, 15) is 19.5 Å². The Morgan fingerprint density at radius 1 is 0.975 bits per heavy atom. The van der Waals surface area contributed by atoms with Gasteiger partial charge in [0.15, 0.2) is 35.6 Å². The molecule has 1 aromatic carbocycles. The van der Waals surface area contributed by atoms with E-state index >= 15 is 0 Å². The molecule has 0 radical (unpaired) electrons. The van der Waals surface area contributed by atoms with Crippen LogP contribution in [0.2, 0.25) is 0 Å². The van der Waals surface area contributed by atoms with Gasteiger partial charge >= 0.3 is 12.0 Å². The van der Waals surface area contributed by atoms with Gasteiger partial charge < -0.3 is 29.5 Å². The minimum absolute atomic E-state index is 0.168. The standard InChI is InChI=1S/C26H27N7O7/c34-22(32-10-4-7-15(32)24(35)36)18-17-19(40-25(39-17)13-5-2-1-3-6-13)23(38-18)33-12-29-16-20(27-11-28-21(16)33)31-26(37)30-14-8-9-14/h1-3,5-6,11-12,14-15,17-19,23,25H,4,7-10H2,(H,35,36)(H2,27,28,30,31,37)/t15-,17?,18?,19?,23?,25+/m1/s1. The molecule has 208 valence electrons. The lowest BCUT2D eigenvalue weighted by atomic mass is 10.1. The Morgan fingerprint density at radius 3 is 2.55 bits per heavy atom. The van der Waals surface area contributed by atoms with Crippen molar-refractivity contribution in [3.63, 3.8) is 0 Å². The highest BCUT2D eigenvalue weighted by atomic mass is 16.8. The Bertz CT molecular complexity index is 1460. The molecule has 3 saturated heterocycles. The second kappa shape index (κ2) is 9.80. The monoisotopic (exact) mass is 549 g/mol. The minimum atomic E-state index is -1.11. The third-order valence-electron chi connectivity index (χ3n) is 7.66. The number of ether oxygens (including phenoxy) is 3. The lowest BCUT2D eigenvalue weighted by Gasteiger charge is -2.27. The minimum Gasteiger partial charge on any atom is -0.480 e. The summed E-state index contributed by atoms with van der Waals surface area (Å²) in [4.78, 5) is 52.2. The van der Waals surface area contributed by atoms with Crippen molar-refractivity contribution in [2.75, 3.05) is 11.9 Å². The molecule has 6 atom stereocenters. The molecule has 3 aliphatic heterocycles. The number of likely N-dealkylation sites (tertiary alicyclic amines) is 1. The molecule has 3 amide bonds. The number of urea groups is 1. The van der Waals surface area contributed by atoms with E-state index in [1.807, 2.05) is 30.3 Å². The number of anilines is 1. The van der Waals surface area contributed by atoms with Crippen molar-refractivity contribution in [2.45, 2.75) is 68.6 Å². The van der Waals surface area contributed by atoms with Crippen molar-refractivity contribution in [2.24, 2.45) is 0 Å². The number of aromatic nitrogens is 4. The maximum absolute atomic E-state index is 13.7. The average Bonchev–Trinajstić information content (AvgIpc) is 3.36. The van der Waals surface area contributed by atoms with Gasteiger partial charge in [-0.15, -0.1) is 0 Å². The summed E-state index contributed by atoms with van der Waals surface area (Å²) < 4.78 is 20.5. The fourth-order valence-electron chi connectivity index (χ4n) is 5.58.